The molecule has 0 radical (unpaired) electrons. The van der Waals surface area contributed by atoms with E-state index in [9.17, 15) is 4.39 Å². The van der Waals surface area contributed by atoms with E-state index in [0.29, 0.717) is 10.6 Å². The molecule has 1 nitrogen and oxygen atoms in total. The Morgan fingerprint density at radius 2 is 1.76 bits per heavy atom. The first-order valence-electron chi connectivity index (χ1n) is 5.39. The summed E-state index contributed by atoms with van der Waals surface area (Å²) < 4.78 is 13.6. The highest BCUT2D eigenvalue weighted by Gasteiger charge is 2.06. The molecule has 88 valence electrons. The second-order valence-corrected chi connectivity index (χ2v) is 4.47. The van der Waals surface area contributed by atoms with Crippen LogP contribution in [0, 0.1) is 5.82 Å². The van der Waals surface area contributed by atoms with Crippen LogP contribution < -0.4 is 5.73 Å². The Morgan fingerprint density at radius 3 is 2.35 bits per heavy atom. The Balaban J connectivity index is 2.43. The monoisotopic (exact) mass is 249 g/mol. The van der Waals surface area contributed by atoms with Crippen molar-refractivity contribution >= 4 is 11.6 Å². The molecule has 2 aromatic carbocycles. The molecule has 0 saturated carbocycles. The fourth-order valence-corrected chi connectivity index (χ4v) is 1.86. The van der Waals surface area contributed by atoms with Crippen molar-refractivity contribution in [3.63, 3.8) is 0 Å². The lowest BCUT2D eigenvalue weighted by Crippen LogP contribution is -2.04. The quantitative estimate of drug-likeness (QED) is 0.850. The van der Waals surface area contributed by atoms with Gasteiger partial charge in [-0.25, -0.2) is 4.39 Å². The van der Waals surface area contributed by atoms with Gasteiger partial charge >= 0.3 is 0 Å². The summed E-state index contributed by atoms with van der Waals surface area (Å²) in [6.07, 6.45) is 0. The molecule has 0 saturated heterocycles. The molecular weight excluding hydrogens is 237 g/mol. The Morgan fingerprint density at radius 1 is 1.12 bits per heavy atom. The van der Waals surface area contributed by atoms with Crippen molar-refractivity contribution in [2.75, 3.05) is 0 Å². The van der Waals surface area contributed by atoms with Gasteiger partial charge in [0, 0.05) is 16.6 Å². The molecule has 2 aromatic rings. The van der Waals surface area contributed by atoms with Crippen molar-refractivity contribution in [1.82, 2.24) is 0 Å². The highest BCUT2D eigenvalue weighted by molar-refractivity contribution is 6.30. The topological polar surface area (TPSA) is 26.0 Å². The SMILES string of the molecule is CC(N)c1ccc(-c2cc(Cl)ccc2F)cc1. The van der Waals surface area contributed by atoms with E-state index >= 15 is 0 Å². The van der Waals surface area contributed by atoms with Crippen molar-refractivity contribution in [3.8, 4) is 11.1 Å². The van der Waals surface area contributed by atoms with E-state index in [4.69, 9.17) is 17.3 Å². The average Bonchev–Trinajstić information content (AvgIpc) is 2.32. The second-order valence-electron chi connectivity index (χ2n) is 4.03. The van der Waals surface area contributed by atoms with Gasteiger partial charge in [-0.1, -0.05) is 35.9 Å². The summed E-state index contributed by atoms with van der Waals surface area (Å²) >= 11 is 5.86. The first-order valence-corrected chi connectivity index (χ1v) is 5.76. The van der Waals surface area contributed by atoms with Crippen molar-refractivity contribution in [1.29, 1.82) is 0 Å². The lowest BCUT2D eigenvalue weighted by Gasteiger charge is -2.08. The third-order valence-electron chi connectivity index (χ3n) is 2.68. The molecule has 1 atom stereocenters. The third kappa shape index (κ3) is 2.65. The van der Waals surface area contributed by atoms with E-state index in [1.54, 1.807) is 6.07 Å². The van der Waals surface area contributed by atoms with Crippen LogP contribution in [0.3, 0.4) is 0 Å². The van der Waals surface area contributed by atoms with Gasteiger partial charge < -0.3 is 5.73 Å². The number of rotatable bonds is 2. The highest BCUT2D eigenvalue weighted by atomic mass is 35.5. The molecule has 0 spiro atoms. The lowest BCUT2D eigenvalue weighted by molar-refractivity contribution is 0.631. The zero-order valence-electron chi connectivity index (χ0n) is 9.45. The van der Waals surface area contributed by atoms with Gasteiger partial charge in [-0.3, -0.25) is 0 Å². The van der Waals surface area contributed by atoms with Crippen molar-refractivity contribution < 1.29 is 4.39 Å². The van der Waals surface area contributed by atoms with Crippen LogP contribution in [0.5, 0.6) is 0 Å². The van der Waals surface area contributed by atoms with Crippen LogP contribution in [0.15, 0.2) is 42.5 Å². The summed E-state index contributed by atoms with van der Waals surface area (Å²) in [5.41, 5.74) is 8.09. The van der Waals surface area contributed by atoms with Gasteiger partial charge in [-0.15, -0.1) is 0 Å². The molecule has 2 N–H and O–H groups in total. The van der Waals surface area contributed by atoms with Gasteiger partial charge in [-0.2, -0.15) is 0 Å². The molecule has 3 heteroatoms. The number of hydrogen-bond donors (Lipinski definition) is 1. The van der Waals surface area contributed by atoms with Gasteiger partial charge in [0.1, 0.15) is 5.82 Å². The van der Waals surface area contributed by atoms with E-state index in [0.717, 1.165) is 11.1 Å². The predicted molar refractivity (Wildman–Crippen MR) is 69.4 cm³/mol. The summed E-state index contributed by atoms with van der Waals surface area (Å²) in [4.78, 5) is 0. The number of nitrogens with two attached hydrogens (primary N) is 1. The normalized spacial score (nSPS) is 12.5. The molecule has 0 bridgehead atoms. The molecule has 0 heterocycles. The van der Waals surface area contributed by atoms with Gasteiger partial charge in [0.05, 0.1) is 0 Å². The molecule has 17 heavy (non-hydrogen) atoms. The summed E-state index contributed by atoms with van der Waals surface area (Å²) in [6.45, 7) is 1.91. The molecule has 0 aliphatic rings. The molecule has 0 amide bonds. The largest absolute Gasteiger partial charge is 0.324 e. The van der Waals surface area contributed by atoms with E-state index in [1.165, 1.54) is 12.1 Å². The molecule has 0 aromatic heterocycles. The van der Waals surface area contributed by atoms with E-state index in [-0.39, 0.29) is 11.9 Å². The van der Waals surface area contributed by atoms with E-state index < -0.39 is 0 Å². The van der Waals surface area contributed by atoms with Gasteiger partial charge in [0.25, 0.3) is 0 Å². The van der Waals surface area contributed by atoms with Crippen LogP contribution in [0.1, 0.15) is 18.5 Å². The molecule has 0 aliphatic heterocycles. The minimum Gasteiger partial charge on any atom is -0.324 e. The number of hydrogen-bond acceptors (Lipinski definition) is 1. The van der Waals surface area contributed by atoms with E-state index in [2.05, 4.69) is 0 Å². The maximum atomic E-state index is 13.6. The lowest BCUT2D eigenvalue weighted by atomic mass is 10.0. The molecule has 0 aliphatic carbocycles. The van der Waals surface area contributed by atoms with Crippen LogP contribution in [0.25, 0.3) is 11.1 Å². The fraction of sp³-hybridized carbons (Fsp3) is 0.143. The van der Waals surface area contributed by atoms with Crippen LogP contribution in [0.2, 0.25) is 5.02 Å². The smallest absolute Gasteiger partial charge is 0.131 e. The molecule has 1 unspecified atom stereocenters. The fourth-order valence-electron chi connectivity index (χ4n) is 1.68. The standard InChI is InChI=1S/C14H13ClFN/c1-9(17)10-2-4-11(5-3-10)13-8-12(15)6-7-14(13)16/h2-9H,17H2,1H3. The summed E-state index contributed by atoms with van der Waals surface area (Å²) in [5, 5.41) is 0.526. The van der Waals surface area contributed by atoms with Gasteiger partial charge in [-0.05, 0) is 36.2 Å². The Hall–Kier alpha value is -1.38. The number of benzene rings is 2. The summed E-state index contributed by atoms with van der Waals surface area (Å²) in [5.74, 6) is -0.275. The molecule has 2 rings (SSSR count). The number of halogens is 2. The van der Waals surface area contributed by atoms with Crippen molar-refractivity contribution in [2.24, 2.45) is 5.73 Å². The van der Waals surface area contributed by atoms with Crippen LogP contribution in [-0.2, 0) is 0 Å². The highest BCUT2D eigenvalue weighted by Crippen LogP contribution is 2.26. The van der Waals surface area contributed by atoms with E-state index in [1.807, 2.05) is 31.2 Å². The zero-order valence-corrected chi connectivity index (χ0v) is 10.2. The van der Waals surface area contributed by atoms with Crippen LogP contribution >= 0.6 is 11.6 Å². The minimum absolute atomic E-state index is 0.0201. The van der Waals surface area contributed by atoms with Crippen molar-refractivity contribution in [2.45, 2.75) is 13.0 Å². The molecule has 0 fully saturated rings. The molecular formula is C14H13ClFN. The van der Waals surface area contributed by atoms with Crippen LogP contribution in [0.4, 0.5) is 4.39 Å². The summed E-state index contributed by atoms with van der Waals surface area (Å²) in [7, 11) is 0. The predicted octanol–water partition coefficient (Wildman–Crippen LogP) is 4.17. The Labute approximate surface area is 105 Å². The Bertz CT molecular complexity index is 520. The maximum absolute atomic E-state index is 13.6. The summed E-state index contributed by atoms with van der Waals surface area (Å²) in [6, 6.07) is 12.0. The zero-order chi connectivity index (χ0) is 12.4. The maximum Gasteiger partial charge on any atom is 0.131 e. The van der Waals surface area contributed by atoms with Crippen molar-refractivity contribution in [3.05, 3.63) is 58.9 Å². The third-order valence-corrected chi connectivity index (χ3v) is 2.91. The van der Waals surface area contributed by atoms with Crippen LogP contribution in [-0.4, -0.2) is 0 Å². The minimum atomic E-state index is -0.275. The Kier molecular flexibility index (Phi) is 3.46. The first-order chi connectivity index (χ1) is 8.08. The second kappa shape index (κ2) is 4.86. The average molecular weight is 250 g/mol. The first kappa shape index (κ1) is 12.1. The van der Waals surface area contributed by atoms with Gasteiger partial charge in [0.15, 0.2) is 0 Å². The van der Waals surface area contributed by atoms with Gasteiger partial charge in [0.2, 0.25) is 0 Å².